The molecule has 1 aromatic rings. The summed E-state index contributed by atoms with van der Waals surface area (Å²) in [6.45, 7) is 3.76. The lowest BCUT2D eigenvalue weighted by Gasteiger charge is -2.55. The zero-order valence-corrected chi connectivity index (χ0v) is 11.0. The minimum Gasteiger partial charge on any atom is -0.488 e. The van der Waals surface area contributed by atoms with Crippen LogP contribution in [0.4, 0.5) is 0 Å². The maximum atomic E-state index is 6.20. The van der Waals surface area contributed by atoms with E-state index in [-0.39, 0.29) is 0 Å². The van der Waals surface area contributed by atoms with Crippen molar-refractivity contribution in [2.45, 2.75) is 18.9 Å². The summed E-state index contributed by atoms with van der Waals surface area (Å²) >= 11 is 5.80. The topological polar surface area (TPSA) is 25.4 Å². The second-order valence-corrected chi connectivity index (χ2v) is 6.36. The molecule has 0 spiro atoms. The van der Waals surface area contributed by atoms with Gasteiger partial charge in [0.05, 0.1) is 6.20 Å². The summed E-state index contributed by atoms with van der Waals surface area (Å²) in [5.74, 6) is 3.22. The van der Waals surface area contributed by atoms with Crippen molar-refractivity contribution in [3.05, 3.63) is 23.5 Å². The van der Waals surface area contributed by atoms with Crippen molar-refractivity contribution in [3.8, 4) is 5.75 Å². The van der Waals surface area contributed by atoms with E-state index in [2.05, 4.69) is 9.88 Å². The first kappa shape index (κ1) is 11.1. The highest BCUT2D eigenvalue weighted by atomic mass is 35.5. The summed E-state index contributed by atoms with van der Waals surface area (Å²) in [6.07, 6.45) is 4.83. The first-order valence-electron chi connectivity index (χ1n) is 6.78. The maximum absolute atomic E-state index is 6.20. The second kappa shape index (κ2) is 4.10. The molecule has 4 bridgehead atoms. The number of hydrogen-bond donors (Lipinski definition) is 0. The minimum absolute atomic E-state index is 0.390. The quantitative estimate of drug-likeness (QED) is 0.768. The van der Waals surface area contributed by atoms with Crippen molar-refractivity contribution in [1.29, 1.82) is 0 Å². The molecule has 18 heavy (non-hydrogen) atoms. The molecule has 3 saturated heterocycles. The van der Waals surface area contributed by atoms with E-state index < -0.39 is 0 Å². The molecule has 0 radical (unpaired) electrons. The fraction of sp³-hybridized carbons (Fsp3) is 0.643. The van der Waals surface area contributed by atoms with E-state index in [1.165, 1.54) is 32.5 Å². The monoisotopic (exact) mass is 264 g/mol. The fourth-order valence-corrected chi connectivity index (χ4v) is 4.26. The Balaban J connectivity index is 1.53. The van der Waals surface area contributed by atoms with E-state index in [0.29, 0.717) is 23.1 Å². The molecule has 1 saturated carbocycles. The molecule has 3 nitrogen and oxygen atoms in total. The number of hydrogen-bond acceptors (Lipinski definition) is 3. The summed E-state index contributed by atoms with van der Waals surface area (Å²) < 4.78 is 6.20. The molecule has 3 aliphatic heterocycles. The predicted molar refractivity (Wildman–Crippen MR) is 69.8 cm³/mol. The zero-order valence-electron chi connectivity index (χ0n) is 10.3. The van der Waals surface area contributed by atoms with Crippen molar-refractivity contribution < 1.29 is 4.74 Å². The van der Waals surface area contributed by atoms with Crippen LogP contribution < -0.4 is 4.74 Å². The number of rotatable bonds is 2. The Morgan fingerprint density at radius 1 is 1.17 bits per heavy atom. The summed E-state index contributed by atoms with van der Waals surface area (Å²) in [7, 11) is 0. The fourth-order valence-electron chi connectivity index (χ4n) is 4.15. The molecule has 4 aliphatic rings. The normalized spacial score (nSPS) is 41.1. The van der Waals surface area contributed by atoms with Crippen molar-refractivity contribution in [1.82, 2.24) is 9.88 Å². The van der Waals surface area contributed by atoms with Crippen LogP contribution in [0.5, 0.6) is 5.75 Å². The van der Waals surface area contributed by atoms with Gasteiger partial charge in [0.15, 0.2) is 0 Å². The van der Waals surface area contributed by atoms with E-state index in [0.717, 1.165) is 11.7 Å². The highest BCUT2D eigenvalue weighted by Crippen LogP contribution is 2.44. The number of aromatic nitrogens is 1. The molecule has 5 rings (SSSR count). The third kappa shape index (κ3) is 1.81. The molecule has 0 unspecified atom stereocenters. The third-order valence-electron chi connectivity index (χ3n) is 4.68. The Morgan fingerprint density at radius 3 is 2.56 bits per heavy atom. The van der Waals surface area contributed by atoms with E-state index in [1.807, 2.05) is 6.07 Å². The van der Waals surface area contributed by atoms with Gasteiger partial charge in [-0.1, -0.05) is 11.6 Å². The van der Waals surface area contributed by atoms with Crippen LogP contribution in [-0.4, -0.2) is 35.6 Å². The standard InChI is InChI=1S/C14H17ClN2O/c15-13-2-1-12(5-16-13)18-14-10-3-9-4-11(14)8-17(6-9)7-10/h1-2,5,9-11,14H,3-4,6-8H2/t9?,10-,11-,14?/m1/s1. The molecule has 2 atom stereocenters. The molecule has 0 amide bonds. The van der Waals surface area contributed by atoms with Gasteiger partial charge in [0, 0.05) is 31.5 Å². The Morgan fingerprint density at radius 2 is 1.94 bits per heavy atom. The zero-order chi connectivity index (χ0) is 12.1. The molecule has 1 aliphatic carbocycles. The van der Waals surface area contributed by atoms with Gasteiger partial charge in [0.1, 0.15) is 17.0 Å². The van der Waals surface area contributed by atoms with Crippen LogP contribution in [0.2, 0.25) is 5.15 Å². The van der Waals surface area contributed by atoms with Gasteiger partial charge in [-0.15, -0.1) is 0 Å². The Hall–Kier alpha value is -0.800. The molecule has 0 N–H and O–H groups in total. The van der Waals surface area contributed by atoms with Crippen molar-refractivity contribution in [2.75, 3.05) is 19.6 Å². The van der Waals surface area contributed by atoms with Gasteiger partial charge >= 0.3 is 0 Å². The summed E-state index contributed by atoms with van der Waals surface area (Å²) in [6, 6.07) is 3.73. The first-order chi connectivity index (χ1) is 8.78. The maximum Gasteiger partial charge on any atom is 0.138 e. The Kier molecular flexibility index (Phi) is 2.52. The molecule has 1 aromatic heterocycles. The lowest BCUT2D eigenvalue weighted by molar-refractivity contribution is -0.0985. The van der Waals surface area contributed by atoms with Crippen molar-refractivity contribution >= 4 is 11.6 Å². The third-order valence-corrected chi connectivity index (χ3v) is 4.90. The van der Waals surface area contributed by atoms with Crippen LogP contribution in [-0.2, 0) is 0 Å². The molecule has 4 heterocycles. The number of halogens is 1. The van der Waals surface area contributed by atoms with E-state index >= 15 is 0 Å². The van der Waals surface area contributed by atoms with E-state index in [9.17, 15) is 0 Å². The van der Waals surface area contributed by atoms with Crippen LogP contribution in [0.3, 0.4) is 0 Å². The number of nitrogens with zero attached hydrogens (tertiary/aromatic N) is 2. The summed E-state index contributed by atoms with van der Waals surface area (Å²) in [4.78, 5) is 6.71. The van der Waals surface area contributed by atoms with E-state index in [4.69, 9.17) is 16.3 Å². The van der Waals surface area contributed by atoms with Gasteiger partial charge in [-0.3, -0.25) is 0 Å². The van der Waals surface area contributed by atoms with Crippen LogP contribution in [0.25, 0.3) is 0 Å². The minimum atomic E-state index is 0.390. The van der Waals surface area contributed by atoms with Gasteiger partial charge in [0.25, 0.3) is 0 Å². The highest BCUT2D eigenvalue weighted by molar-refractivity contribution is 6.29. The number of ether oxygens (including phenoxy) is 1. The number of piperidine rings is 3. The lowest BCUT2D eigenvalue weighted by Crippen LogP contribution is -2.61. The summed E-state index contributed by atoms with van der Waals surface area (Å²) in [5, 5.41) is 0.526. The van der Waals surface area contributed by atoms with Crippen LogP contribution in [0.15, 0.2) is 18.3 Å². The average Bonchev–Trinajstić information content (AvgIpc) is 2.35. The first-order valence-corrected chi connectivity index (χ1v) is 7.16. The molecule has 0 aromatic carbocycles. The smallest absolute Gasteiger partial charge is 0.138 e. The molecule has 4 fully saturated rings. The van der Waals surface area contributed by atoms with Crippen molar-refractivity contribution in [2.24, 2.45) is 17.8 Å². The molecular formula is C14H17ClN2O. The Labute approximate surface area is 112 Å². The lowest BCUT2D eigenvalue weighted by atomic mass is 9.66. The van der Waals surface area contributed by atoms with Crippen LogP contribution >= 0.6 is 11.6 Å². The SMILES string of the molecule is Clc1ccc(OC2[C@@H]3CC4C[C@@H]2CN(C4)C3)cn1. The van der Waals surface area contributed by atoms with Crippen LogP contribution in [0.1, 0.15) is 12.8 Å². The number of pyridine rings is 1. The van der Waals surface area contributed by atoms with Gasteiger partial charge in [-0.05, 0) is 30.9 Å². The van der Waals surface area contributed by atoms with Crippen LogP contribution in [0, 0.1) is 17.8 Å². The van der Waals surface area contributed by atoms with E-state index in [1.54, 1.807) is 12.3 Å². The Bertz CT molecular complexity index is 420. The van der Waals surface area contributed by atoms with Gasteiger partial charge in [0.2, 0.25) is 0 Å². The second-order valence-electron chi connectivity index (χ2n) is 5.98. The van der Waals surface area contributed by atoms with Crippen molar-refractivity contribution in [3.63, 3.8) is 0 Å². The largest absolute Gasteiger partial charge is 0.488 e. The van der Waals surface area contributed by atoms with Gasteiger partial charge in [-0.2, -0.15) is 0 Å². The summed E-state index contributed by atoms with van der Waals surface area (Å²) in [5.41, 5.74) is 0. The molecular weight excluding hydrogens is 248 g/mol. The van der Waals surface area contributed by atoms with Gasteiger partial charge in [-0.25, -0.2) is 4.98 Å². The predicted octanol–water partition coefficient (Wildman–Crippen LogP) is 2.45. The molecule has 96 valence electrons. The highest BCUT2D eigenvalue weighted by Gasteiger charge is 2.48. The average molecular weight is 265 g/mol. The molecule has 4 heteroatoms. The van der Waals surface area contributed by atoms with Gasteiger partial charge < -0.3 is 9.64 Å².